The predicted octanol–water partition coefficient (Wildman–Crippen LogP) is 2.41. The molecule has 1 heterocycles. The van der Waals surface area contributed by atoms with Gasteiger partial charge in [0.1, 0.15) is 5.76 Å². The smallest absolute Gasteiger partial charge is 0.234 e. The lowest BCUT2D eigenvalue weighted by Gasteiger charge is -2.39. The number of aliphatic hydroxyl groups excluding tert-OH is 1. The normalized spacial score (nSPS) is 28.2. The van der Waals surface area contributed by atoms with E-state index >= 15 is 0 Å². The molecule has 23 heavy (non-hydrogen) atoms. The lowest BCUT2D eigenvalue weighted by atomic mass is 9.67. The van der Waals surface area contributed by atoms with Crippen molar-refractivity contribution in [2.45, 2.75) is 45.1 Å². The van der Waals surface area contributed by atoms with E-state index in [1.165, 1.54) is 0 Å². The first-order valence-corrected chi connectivity index (χ1v) is 8.14. The zero-order valence-electron chi connectivity index (χ0n) is 13.6. The molecule has 4 nitrogen and oxygen atoms in total. The van der Waals surface area contributed by atoms with Gasteiger partial charge in [0.2, 0.25) is 11.6 Å². The first-order chi connectivity index (χ1) is 10.8. The van der Waals surface area contributed by atoms with Gasteiger partial charge in [0.25, 0.3) is 0 Å². The molecule has 4 heteroatoms. The minimum atomic E-state index is -0.444. The van der Waals surface area contributed by atoms with Crippen molar-refractivity contribution in [1.29, 1.82) is 0 Å². The van der Waals surface area contributed by atoms with Crippen LogP contribution in [-0.4, -0.2) is 29.4 Å². The Kier molecular flexibility index (Phi) is 2.89. The molecule has 1 N–H and O–H groups in total. The number of fused-ring (bicyclic) bond motifs is 4. The molecule has 0 amide bonds. The fourth-order valence-electron chi connectivity index (χ4n) is 4.16. The van der Waals surface area contributed by atoms with E-state index in [1.807, 2.05) is 32.9 Å². The first kappa shape index (κ1) is 14.6. The highest BCUT2D eigenvalue weighted by Gasteiger charge is 2.44. The van der Waals surface area contributed by atoms with Crippen molar-refractivity contribution in [2.75, 3.05) is 6.61 Å². The average Bonchev–Trinajstić information content (AvgIpc) is 2.90. The van der Waals surface area contributed by atoms with E-state index in [0.717, 1.165) is 16.7 Å². The third kappa shape index (κ3) is 1.75. The molecule has 0 fully saturated rings. The fraction of sp³-hybridized carbons (Fsp3) is 0.474. The third-order valence-corrected chi connectivity index (χ3v) is 5.65. The summed E-state index contributed by atoms with van der Waals surface area (Å²) >= 11 is 0. The van der Waals surface area contributed by atoms with Crippen LogP contribution in [0.3, 0.4) is 0 Å². The van der Waals surface area contributed by atoms with Crippen LogP contribution in [0, 0.1) is 5.92 Å². The second-order valence-electron chi connectivity index (χ2n) is 7.40. The molecule has 0 saturated heterocycles. The van der Waals surface area contributed by atoms with E-state index in [0.29, 0.717) is 36.3 Å². The van der Waals surface area contributed by atoms with Gasteiger partial charge < -0.3 is 9.84 Å². The number of aliphatic hydroxyl groups is 1. The lowest BCUT2D eigenvalue weighted by Crippen LogP contribution is -2.40. The van der Waals surface area contributed by atoms with Crippen LogP contribution in [-0.2, 0) is 21.4 Å². The maximum absolute atomic E-state index is 12.8. The van der Waals surface area contributed by atoms with Gasteiger partial charge in [-0.15, -0.1) is 0 Å². The molecule has 3 aliphatic rings. The molecule has 120 valence electrons. The van der Waals surface area contributed by atoms with Crippen molar-refractivity contribution < 1.29 is 19.4 Å². The number of benzene rings is 1. The summed E-state index contributed by atoms with van der Waals surface area (Å²) in [5.74, 6) is -0.289. The Morgan fingerprint density at radius 1 is 1.22 bits per heavy atom. The van der Waals surface area contributed by atoms with Crippen LogP contribution >= 0.6 is 0 Å². The fourth-order valence-corrected chi connectivity index (χ4v) is 4.16. The standard InChI is InChI=1S/C19H20O4/c1-9-8-23-18-11-4-6-12-10(5-7-13(20)19(12,2)3)15(11)17(22)16(21)14(9)18/h4,6,9,13,20H,5,7-8H2,1-3H3/t9-,13-/m1/s1. The highest BCUT2D eigenvalue weighted by Crippen LogP contribution is 2.45. The van der Waals surface area contributed by atoms with Gasteiger partial charge in [0.05, 0.1) is 18.3 Å². The second-order valence-corrected chi connectivity index (χ2v) is 7.40. The van der Waals surface area contributed by atoms with E-state index in [-0.39, 0.29) is 5.92 Å². The Bertz CT molecular complexity index is 785. The van der Waals surface area contributed by atoms with Crippen LogP contribution in [0.25, 0.3) is 5.76 Å². The summed E-state index contributed by atoms with van der Waals surface area (Å²) in [5, 5.41) is 10.3. The minimum absolute atomic E-state index is 0.0381. The molecule has 0 unspecified atom stereocenters. The van der Waals surface area contributed by atoms with Crippen molar-refractivity contribution in [2.24, 2.45) is 5.92 Å². The number of carbonyl (C=O) groups is 2. The van der Waals surface area contributed by atoms with Crippen LogP contribution in [0.15, 0.2) is 17.7 Å². The Morgan fingerprint density at radius 3 is 2.70 bits per heavy atom. The third-order valence-electron chi connectivity index (χ3n) is 5.65. The number of Topliss-reactive ketones (excluding diaryl/α,β-unsaturated/α-hetero) is 2. The van der Waals surface area contributed by atoms with Crippen molar-refractivity contribution in [3.05, 3.63) is 40.0 Å². The van der Waals surface area contributed by atoms with Gasteiger partial charge in [-0.05, 0) is 24.0 Å². The van der Waals surface area contributed by atoms with Gasteiger partial charge in [0, 0.05) is 22.5 Å². The van der Waals surface area contributed by atoms with E-state index < -0.39 is 23.1 Å². The van der Waals surface area contributed by atoms with Crippen LogP contribution in [0.2, 0.25) is 0 Å². The molecular formula is C19H20O4. The highest BCUT2D eigenvalue weighted by molar-refractivity contribution is 6.52. The van der Waals surface area contributed by atoms with E-state index in [1.54, 1.807) is 0 Å². The van der Waals surface area contributed by atoms with Crippen LogP contribution in [0.1, 0.15) is 54.2 Å². The van der Waals surface area contributed by atoms with Gasteiger partial charge in [-0.1, -0.05) is 32.9 Å². The molecule has 1 aromatic carbocycles. The summed E-state index contributed by atoms with van der Waals surface area (Å²) in [4.78, 5) is 25.3. The maximum atomic E-state index is 12.8. The van der Waals surface area contributed by atoms with Gasteiger partial charge in [0.15, 0.2) is 0 Å². The molecule has 0 saturated carbocycles. The lowest BCUT2D eigenvalue weighted by molar-refractivity contribution is -0.112. The molecule has 0 spiro atoms. The number of ether oxygens (including phenoxy) is 1. The molecule has 0 bridgehead atoms. The SMILES string of the molecule is C[C@@H]1COC2=C1C(=O)C(=O)c1c2ccc2c1CC[C@@H](O)C2(C)C. The van der Waals surface area contributed by atoms with Crippen LogP contribution < -0.4 is 0 Å². The van der Waals surface area contributed by atoms with Gasteiger partial charge in [-0.25, -0.2) is 0 Å². The number of hydrogen-bond acceptors (Lipinski definition) is 4. The van der Waals surface area contributed by atoms with Crippen molar-refractivity contribution in [1.82, 2.24) is 0 Å². The molecule has 4 rings (SSSR count). The Morgan fingerprint density at radius 2 is 1.96 bits per heavy atom. The van der Waals surface area contributed by atoms with Crippen molar-refractivity contribution in [3.63, 3.8) is 0 Å². The number of ketones is 2. The molecule has 1 aromatic rings. The molecular weight excluding hydrogens is 292 g/mol. The summed E-state index contributed by atoms with van der Waals surface area (Å²) in [5.41, 5.74) is 3.22. The largest absolute Gasteiger partial charge is 0.492 e. The zero-order valence-corrected chi connectivity index (χ0v) is 13.6. The summed E-state index contributed by atoms with van der Waals surface area (Å²) < 4.78 is 5.74. The van der Waals surface area contributed by atoms with Crippen LogP contribution in [0.4, 0.5) is 0 Å². The van der Waals surface area contributed by atoms with Gasteiger partial charge in [-0.2, -0.15) is 0 Å². The number of carbonyl (C=O) groups excluding carboxylic acids is 2. The summed E-state index contributed by atoms with van der Waals surface area (Å²) in [7, 11) is 0. The Balaban J connectivity index is 2.00. The number of rotatable bonds is 0. The Hall–Kier alpha value is -1.94. The zero-order chi connectivity index (χ0) is 16.5. The molecule has 2 aliphatic carbocycles. The molecule has 0 radical (unpaired) electrons. The summed E-state index contributed by atoms with van der Waals surface area (Å²) in [6, 6.07) is 3.86. The van der Waals surface area contributed by atoms with Crippen LogP contribution in [0.5, 0.6) is 0 Å². The topological polar surface area (TPSA) is 63.6 Å². The Labute approximate surface area is 135 Å². The van der Waals surface area contributed by atoms with Gasteiger partial charge in [-0.3, -0.25) is 9.59 Å². The van der Waals surface area contributed by atoms with E-state index in [4.69, 9.17) is 4.74 Å². The molecule has 0 aromatic heterocycles. The summed E-state index contributed by atoms with van der Waals surface area (Å²) in [6.07, 6.45) is 0.765. The van der Waals surface area contributed by atoms with Crippen molar-refractivity contribution in [3.8, 4) is 0 Å². The summed E-state index contributed by atoms with van der Waals surface area (Å²) in [6.45, 7) is 6.33. The maximum Gasteiger partial charge on any atom is 0.234 e. The monoisotopic (exact) mass is 312 g/mol. The molecule has 1 aliphatic heterocycles. The quantitative estimate of drug-likeness (QED) is 0.747. The molecule has 2 atom stereocenters. The predicted molar refractivity (Wildman–Crippen MR) is 85.2 cm³/mol. The average molecular weight is 312 g/mol. The number of hydrogen-bond donors (Lipinski definition) is 1. The van der Waals surface area contributed by atoms with E-state index in [9.17, 15) is 14.7 Å². The van der Waals surface area contributed by atoms with E-state index in [2.05, 4.69) is 0 Å². The van der Waals surface area contributed by atoms with Gasteiger partial charge >= 0.3 is 0 Å². The highest BCUT2D eigenvalue weighted by atomic mass is 16.5. The van der Waals surface area contributed by atoms with Crippen molar-refractivity contribution >= 4 is 17.3 Å². The minimum Gasteiger partial charge on any atom is -0.492 e. The first-order valence-electron chi connectivity index (χ1n) is 8.14. The second kappa shape index (κ2) is 4.54.